The van der Waals surface area contributed by atoms with E-state index in [-0.39, 0.29) is 12.4 Å². The number of nitrogens with two attached hydrogens (primary N) is 1. The van der Waals surface area contributed by atoms with Crippen molar-refractivity contribution in [2.45, 2.75) is 13.2 Å². The molecule has 0 radical (unpaired) electrons. The number of ether oxygens (including phenoxy) is 2. The maximum atomic E-state index is 13.2. The second-order valence-electron chi connectivity index (χ2n) is 8.53. The van der Waals surface area contributed by atoms with Crippen LogP contribution < -0.4 is 10.5 Å². The van der Waals surface area contributed by atoms with Gasteiger partial charge in [-0.3, -0.25) is 5.41 Å². The van der Waals surface area contributed by atoms with Crippen molar-refractivity contribution in [3.63, 3.8) is 0 Å². The van der Waals surface area contributed by atoms with E-state index in [4.69, 9.17) is 20.6 Å². The maximum absolute atomic E-state index is 13.2. The number of amidine groups is 1. The molecule has 0 saturated heterocycles. The first-order valence-corrected chi connectivity index (χ1v) is 12.4. The lowest BCUT2D eigenvalue weighted by atomic mass is 10.1. The molecule has 4 aromatic rings. The Morgan fingerprint density at radius 1 is 0.667 bits per heavy atom. The van der Waals surface area contributed by atoms with Gasteiger partial charge in [0.05, 0.1) is 11.1 Å². The van der Waals surface area contributed by atoms with Gasteiger partial charge in [-0.15, -0.1) is 0 Å². The van der Waals surface area contributed by atoms with E-state index in [0.29, 0.717) is 34.6 Å². The van der Waals surface area contributed by atoms with Crippen LogP contribution in [-0.4, -0.2) is 11.8 Å². The topological polar surface area (TPSA) is 85.4 Å². The van der Waals surface area contributed by atoms with Gasteiger partial charge < -0.3 is 15.2 Å². The van der Waals surface area contributed by atoms with Crippen LogP contribution in [0, 0.1) is 17.3 Å². The Morgan fingerprint density at radius 2 is 1.21 bits per heavy atom. The molecule has 3 N–H and O–H groups in total. The highest BCUT2D eigenvalue weighted by atomic mass is 16.5. The van der Waals surface area contributed by atoms with E-state index in [2.05, 4.69) is 11.8 Å². The number of benzene rings is 3. The third-order valence-corrected chi connectivity index (χ3v) is 5.66. The van der Waals surface area contributed by atoms with E-state index in [1.54, 1.807) is 36.4 Å². The summed E-state index contributed by atoms with van der Waals surface area (Å²) in [7, 11) is 0. The van der Waals surface area contributed by atoms with Crippen molar-refractivity contribution in [2.75, 3.05) is 0 Å². The summed E-state index contributed by atoms with van der Waals surface area (Å²) < 4.78 is 11.7. The number of hydrogen-bond acceptors (Lipinski definition) is 4. The van der Waals surface area contributed by atoms with Gasteiger partial charge in [-0.25, -0.2) is 4.79 Å². The first-order valence-electron chi connectivity index (χ1n) is 12.4. The molecule has 0 aliphatic rings. The first kappa shape index (κ1) is 26.7. The number of carbonyl (C=O) groups is 1. The van der Waals surface area contributed by atoms with Crippen LogP contribution in [0.2, 0.25) is 0 Å². The highest BCUT2D eigenvalue weighted by molar-refractivity contribution is 5.95. The molecule has 0 fully saturated rings. The summed E-state index contributed by atoms with van der Waals surface area (Å²) in [5.41, 5.74) is 9.52. The predicted octanol–water partition coefficient (Wildman–Crippen LogP) is 6.43. The van der Waals surface area contributed by atoms with Crippen LogP contribution in [-0.2, 0) is 18.0 Å². The molecule has 0 unspecified atom stereocenters. The normalized spacial score (nSPS) is 9.85. The van der Waals surface area contributed by atoms with Gasteiger partial charge in [0.2, 0.25) is 0 Å². The zero-order valence-corrected chi connectivity index (χ0v) is 21.3. The smallest absolute Gasteiger partial charge is 0.339 e. The van der Waals surface area contributed by atoms with Gasteiger partial charge in [0.15, 0.2) is 0 Å². The van der Waals surface area contributed by atoms with Crippen molar-refractivity contribution < 1.29 is 14.3 Å². The van der Waals surface area contributed by atoms with Crippen LogP contribution in [0.1, 0.15) is 38.2 Å². The van der Waals surface area contributed by atoms with Crippen LogP contribution in [0.4, 0.5) is 0 Å². The van der Waals surface area contributed by atoms with Crippen LogP contribution in [0.5, 0.6) is 5.75 Å². The Labute approximate surface area is 228 Å². The average molecular weight is 513 g/mol. The standard InChI is InChI=1S/C34H28N2O3/c35-33(36)30-21-22-32(38-24-26-13-7-5-8-14-26)29(23-30)20-19-28-17-11-3-1-2-4-12-18-31(28)34(37)39-25-27-15-9-6-10-16-27/h1-18,21-23H,24-25H2,(H3,35,36). The molecule has 192 valence electrons. The zero-order chi connectivity index (χ0) is 27.3. The molecule has 4 aromatic carbocycles. The lowest BCUT2D eigenvalue weighted by Gasteiger charge is -2.10. The summed E-state index contributed by atoms with van der Waals surface area (Å²) in [6.45, 7) is 0.504. The van der Waals surface area contributed by atoms with Gasteiger partial charge >= 0.3 is 5.97 Å². The Balaban J connectivity index is 1.71. The quantitative estimate of drug-likeness (QED) is 0.129. The molecule has 5 nitrogen and oxygen atoms in total. The molecule has 5 heteroatoms. The molecular formula is C34H28N2O3. The lowest BCUT2D eigenvalue weighted by molar-refractivity contribution is 0.0472. The lowest BCUT2D eigenvalue weighted by Crippen LogP contribution is -2.11. The summed E-state index contributed by atoms with van der Waals surface area (Å²) in [6.07, 6.45) is 0. The monoisotopic (exact) mass is 512 g/mol. The molecule has 0 amide bonds. The predicted molar refractivity (Wildman–Crippen MR) is 154 cm³/mol. The highest BCUT2D eigenvalue weighted by Crippen LogP contribution is 2.21. The molecule has 39 heavy (non-hydrogen) atoms. The van der Waals surface area contributed by atoms with E-state index in [9.17, 15) is 4.79 Å². The van der Waals surface area contributed by atoms with Crippen molar-refractivity contribution in [2.24, 2.45) is 5.73 Å². The fourth-order valence-electron chi connectivity index (χ4n) is 3.62. The van der Waals surface area contributed by atoms with Crippen molar-refractivity contribution in [3.8, 4) is 17.6 Å². The molecular weight excluding hydrogens is 484 g/mol. The summed E-state index contributed by atoms with van der Waals surface area (Å²) in [6, 6.07) is 39.0. The largest absolute Gasteiger partial charge is 0.488 e. The third kappa shape index (κ3) is 8.08. The van der Waals surface area contributed by atoms with E-state index >= 15 is 0 Å². The van der Waals surface area contributed by atoms with Gasteiger partial charge in [-0.1, -0.05) is 109 Å². The van der Waals surface area contributed by atoms with Gasteiger partial charge in [-0.05, 0) is 41.5 Å². The number of nitrogen functional groups attached to an aromatic ring is 1. The third-order valence-electron chi connectivity index (χ3n) is 5.66. The van der Waals surface area contributed by atoms with Gasteiger partial charge in [-0.2, -0.15) is 0 Å². The molecule has 0 spiro atoms. The average Bonchev–Trinajstić information content (AvgIpc) is 2.97. The SMILES string of the molecule is N=C(N)c1ccc(OCc2ccccc2)c(C#Cc2ccccccccc2C(=O)OCc2ccccc2)c1. The summed E-state index contributed by atoms with van der Waals surface area (Å²) in [5, 5.41) is 7.85. The van der Waals surface area contributed by atoms with Crippen molar-refractivity contribution >= 4 is 11.8 Å². The van der Waals surface area contributed by atoms with Gasteiger partial charge in [0.25, 0.3) is 0 Å². The van der Waals surface area contributed by atoms with E-state index < -0.39 is 5.97 Å². The number of rotatable bonds is 7. The molecule has 0 atom stereocenters. The fourth-order valence-corrected chi connectivity index (χ4v) is 3.62. The Hall–Kier alpha value is -5.34. The Morgan fingerprint density at radius 3 is 1.87 bits per heavy atom. The minimum absolute atomic E-state index is 0.0736. The van der Waals surface area contributed by atoms with Crippen molar-refractivity contribution in [1.82, 2.24) is 0 Å². The van der Waals surface area contributed by atoms with Crippen LogP contribution >= 0.6 is 0 Å². The zero-order valence-electron chi connectivity index (χ0n) is 21.3. The molecule has 0 heterocycles. The summed E-state index contributed by atoms with van der Waals surface area (Å²) in [5.74, 6) is 6.26. The maximum Gasteiger partial charge on any atom is 0.339 e. The van der Waals surface area contributed by atoms with Gasteiger partial charge in [0, 0.05) is 11.1 Å². The highest BCUT2D eigenvalue weighted by Gasteiger charge is 2.11. The van der Waals surface area contributed by atoms with Crippen molar-refractivity contribution in [1.29, 1.82) is 5.41 Å². The molecule has 0 saturated carbocycles. The number of esters is 1. The number of carbonyl (C=O) groups excluding carboxylic acids is 1. The number of nitrogens with one attached hydrogen (secondary N) is 1. The molecule has 0 aliphatic heterocycles. The second-order valence-corrected chi connectivity index (χ2v) is 8.53. The first-order chi connectivity index (χ1) is 19.1. The van der Waals surface area contributed by atoms with Crippen LogP contribution in [0.3, 0.4) is 0 Å². The molecule has 0 bridgehead atoms. The second kappa shape index (κ2) is 13.8. The molecule has 0 aromatic heterocycles. The van der Waals surface area contributed by atoms with Crippen LogP contribution in [0.25, 0.3) is 0 Å². The van der Waals surface area contributed by atoms with E-state index in [1.807, 2.05) is 91.0 Å². The van der Waals surface area contributed by atoms with Crippen LogP contribution in [0.15, 0.2) is 127 Å². The van der Waals surface area contributed by atoms with Gasteiger partial charge in [0.1, 0.15) is 24.8 Å². The Bertz CT molecular complexity index is 1550. The number of hydrogen-bond donors (Lipinski definition) is 2. The molecule has 0 aliphatic carbocycles. The molecule has 4 rings (SSSR count). The summed E-state index contributed by atoms with van der Waals surface area (Å²) >= 11 is 0. The van der Waals surface area contributed by atoms with Crippen molar-refractivity contribution in [3.05, 3.63) is 161 Å². The fraction of sp³-hybridized carbons (Fsp3) is 0.0588. The summed E-state index contributed by atoms with van der Waals surface area (Å²) in [4.78, 5) is 13.2. The Kier molecular flexibility index (Phi) is 9.47. The van der Waals surface area contributed by atoms with E-state index in [0.717, 1.165) is 11.1 Å². The van der Waals surface area contributed by atoms with E-state index in [1.165, 1.54) is 0 Å². The minimum atomic E-state index is -0.486. The minimum Gasteiger partial charge on any atom is -0.488 e.